The fourth-order valence-electron chi connectivity index (χ4n) is 2.56. The van der Waals surface area contributed by atoms with Gasteiger partial charge >= 0.3 is 0 Å². The minimum atomic E-state index is -0.00105. The van der Waals surface area contributed by atoms with Gasteiger partial charge in [-0.3, -0.25) is 4.68 Å². The molecule has 1 aromatic heterocycles. The Morgan fingerprint density at radius 3 is 2.50 bits per heavy atom. The number of rotatable bonds is 7. The van der Waals surface area contributed by atoms with Gasteiger partial charge in [0, 0.05) is 12.6 Å². The van der Waals surface area contributed by atoms with Crippen LogP contribution in [0.2, 0.25) is 0 Å². The smallest absolute Gasteiger partial charge is 0.130 e. The van der Waals surface area contributed by atoms with Crippen molar-refractivity contribution in [1.82, 2.24) is 9.78 Å². The zero-order chi connectivity index (χ0) is 13.8. The van der Waals surface area contributed by atoms with Gasteiger partial charge in [0.05, 0.1) is 11.7 Å². The van der Waals surface area contributed by atoms with Gasteiger partial charge in [-0.1, -0.05) is 27.7 Å². The van der Waals surface area contributed by atoms with E-state index < -0.39 is 0 Å². The molecule has 0 saturated carbocycles. The molecule has 0 aliphatic heterocycles. The number of nitrogens with zero attached hydrogens (tertiary/aromatic N) is 2. The molecule has 0 bridgehead atoms. The molecule has 3 nitrogen and oxygen atoms in total. The minimum absolute atomic E-state index is 0.00105. The van der Waals surface area contributed by atoms with Crippen LogP contribution in [0, 0.1) is 5.41 Å². The quantitative estimate of drug-likeness (QED) is 0.738. The summed E-state index contributed by atoms with van der Waals surface area (Å²) in [6, 6.07) is 2.58. The van der Waals surface area contributed by atoms with Crippen molar-refractivity contribution in [1.29, 1.82) is 0 Å². The highest BCUT2D eigenvalue weighted by molar-refractivity contribution is 5.76. The average Bonchev–Trinajstić information content (AvgIpc) is 2.65. The second-order valence-corrected chi connectivity index (χ2v) is 5.98. The normalized spacial score (nSPS) is 12.1. The van der Waals surface area contributed by atoms with Crippen LogP contribution in [0.4, 0.5) is 0 Å². The molecule has 0 unspecified atom stereocenters. The van der Waals surface area contributed by atoms with Crippen molar-refractivity contribution >= 4 is 5.78 Å². The van der Waals surface area contributed by atoms with Gasteiger partial charge in [0.1, 0.15) is 5.78 Å². The SMILES string of the molecule is CCC(CC)n1ccc(CC(C)(C)CC(C)=O)n1. The molecule has 1 heterocycles. The van der Waals surface area contributed by atoms with Crippen LogP contribution in [0.25, 0.3) is 0 Å². The van der Waals surface area contributed by atoms with Crippen molar-refractivity contribution in [2.45, 2.75) is 66.3 Å². The van der Waals surface area contributed by atoms with E-state index in [2.05, 4.69) is 49.7 Å². The maximum Gasteiger partial charge on any atom is 0.130 e. The third kappa shape index (κ3) is 4.28. The first-order chi connectivity index (χ1) is 8.38. The molecule has 0 radical (unpaired) electrons. The van der Waals surface area contributed by atoms with E-state index in [0.717, 1.165) is 25.0 Å². The van der Waals surface area contributed by atoms with Gasteiger partial charge in [-0.15, -0.1) is 0 Å². The molecule has 0 amide bonds. The Morgan fingerprint density at radius 1 is 1.39 bits per heavy atom. The lowest BCUT2D eigenvalue weighted by molar-refractivity contribution is -0.118. The summed E-state index contributed by atoms with van der Waals surface area (Å²) in [5, 5.41) is 4.65. The van der Waals surface area contributed by atoms with Crippen LogP contribution in [0.15, 0.2) is 12.3 Å². The predicted molar refractivity (Wildman–Crippen MR) is 74.6 cm³/mol. The number of carbonyl (C=O) groups excluding carboxylic acids is 1. The van der Waals surface area contributed by atoms with Crippen molar-refractivity contribution in [3.05, 3.63) is 18.0 Å². The van der Waals surface area contributed by atoms with Gasteiger partial charge in [0.25, 0.3) is 0 Å². The Bertz CT molecular complexity index is 389. The van der Waals surface area contributed by atoms with E-state index in [9.17, 15) is 4.79 Å². The van der Waals surface area contributed by atoms with Crippen molar-refractivity contribution in [3.63, 3.8) is 0 Å². The van der Waals surface area contributed by atoms with Crippen LogP contribution >= 0.6 is 0 Å². The molecule has 0 aromatic carbocycles. The highest BCUT2D eigenvalue weighted by Gasteiger charge is 2.22. The molecule has 3 heteroatoms. The zero-order valence-electron chi connectivity index (χ0n) is 12.4. The molecule has 0 spiro atoms. The van der Waals surface area contributed by atoms with Crippen LogP contribution in [0.1, 0.15) is 65.6 Å². The molecule has 0 atom stereocenters. The summed E-state index contributed by atoms with van der Waals surface area (Å²) in [5.74, 6) is 0.249. The molecule has 0 saturated heterocycles. The second kappa shape index (κ2) is 6.17. The van der Waals surface area contributed by atoms with E-state index in [0.29, 0.717) is 12.5 Å². The first-order valence-corrected chi connectivity index (χ1v) is 6.91. The summed E-state index contributed by atoms with van der Waals surface area (Å²) < 4.78 is 2.07. The average molecular weight is 250 g/mol. The number of carbonyl (C=O) groups is 1. The fraction of sp³-hybridized carbons (Fsp3) is 0.733. The first-order valence-electron chi connectivity index (χ1n) is 6.91. The Balaban J connectivity index is 2.71. The van der Waals surface area contributed by atoms with E-state index >= 15 is 0 Å². The Morgan fingerprint density at radius 2 is 2.00 bits per heavy atom. The highest BCUT2D eigenvalue weighted by atomic mass is 16.1. The van der Waals surface area contributed by atoms with E-state index in [1.807, 2.05) is 0 Å². The fourth-order valence-corrected chi connectivity index (χ4v) is 2.56. The number of hydrogen-bond donors (Lipinski definition) is 0. The molecule has 0 aliphatic rings. The van der Waals surface area contributed by atoms with Gasteiger partial charge in [-0.05, 0) is 37.7 Å². The highest BCUT2D eigenvalue weighted by Crippen LogP contribution is 2.26. The lowest BCUT2D eigenvalue weighted by atomic mass is 9.83. The van der Waals surface area contributed by atoms with Gasteiger partial charge in [-0.2, -0.15) is 5.10 Å². The summed E-state index contributed by atoms with van der Waals surface area (Å²) in [7, 11) is 0. The predicted octanol–water partition coefficient (Wildman–Crippen LogP) is 3.79. The molecule has 102 valence electrons. The van der Waals surface area contributed by atoms with Crippen molar-refractivity contribution in [2.24, 2.45) is 5.41 Å². The topological polar surface area (TPSA) is 34.9 Å². The second-order valence-electron chi connectivity index (χ2n) is 5.98. The van der Waals surface area contributed by atoms with Gasteiger partial charge in [0.2, 0.25) is 0 Å². The largest absolute Gasteiger partial charge is 0.300 e. The van der Waals surface area contributed by atoms with Gasteiger partial charge in [0.15, 0.2) is 0 Å². The number of hydrogen-bond acceptors (Lipinski definition) is 2. The van der Waals surface area contributed by atoms with E-state index in [-0.39, 0.29) is 11.2 Å². The standard InChI is InChI=1S/C15H26N2O/c1-6-14(7-2)17-9-8-13(16-17)11-15(4,5)10-12(3)18/h8-9,14H,6-7,10-11H2,1-5H3. The summed E-state index contributed by atoms with van der Waals surface area (Å²) >= 11 is 0. The molecular formula is C15H26N2O. The van der Waals surface area contributed by atoms with Crippen molar-refractivity contribution in [3.8, 4) is 0 Å². The van der Waals surface area contributed by atoms with Gasteiger partial charge in [-0.25, -0.2) is 0 Å². The van der Waals surface area contributed by atoms with Crippen molar-refractivity contribution in [2.75, 3.05) is 0 Å². The Kier molecular flexibility index (Phi) is 5.12. The summed E-state index contributed by atoms with van der Waals surface area (Å²) in [6.45, 7) is 10.3. The molecule has 0 N–H and O–H groups in total. The summed E-state index contributed by atoms with van der Waals surface area (Å²) in [6.07, 6.45) is 5.75. The molecular weight excluding hydrogens is 224 g/mol. The number of aromatic nitrogens is 2. The maximum atomic E-state index is 11.2. The van der Waals surface area contributed by atoms with E-state index in [1.54, 1.807) is 6.92 Å². The molecule has 0 aliphatic carbocycles. The lowest BCUT2D eigenvalue weighted by Gasteiger charge is -2.21. The van der Waals surface area contributed by atoms with E-state index in [1.165, 1.54) is 0 Å². The zero-order valence-corrected chi connectivity index (χ0v) is 12.4. The third-order valence-electron chi connectivity index (χ3n) is 3.37. The van der Waals surface area contributed by atoms with Gasteiger partial charge < -0.3 is 4.79 Å². The Hall–Kier alpha value is -1.12. The lowest BCUT2D eigenvalue weighted by Crippen LogP contribution is -2.19. The van der Waals surface area contributed by atoms with Crippen LogP contribution in [0.5, 0.6) is 0 Å². The summed E-state index contributed by atoms with van der Waals surface area (Å²) in [4.78, 5) is 11.2. The van der Waals surface area contributed by atoms with Crippen LogP contribution in [-0.4, -0.2) is 15.6 Å². The minimum Gasteiger partial charge on any atom is -0.300 e. The molecule has 1 aromatic rings. The van der Waals surface area contributed by atoms with Crippen LogP contribution in [-0.2, 0) is 11.2 Å². The third-order valence-corrected chi connectivity index (χ3v) is 3.37. The number of ketones is 1. The van der Waals surface area contributed by atoms with Crippen molar-refractivity contribution < 1.29 is 4.79 Å². The Labute approximate surface area is 111 Å². The number of Topliss-reactive ketones (excluding diaryl/α,β-unsaturated/α-hetero) is 1. The van der Waals surface area contributed by atoms with Crippen LogP contribution in [0.3, 0.4) is 0 Å². The molecule has 0 fully saturated rings. The molecule has 18 heavy (non-hydrogen) atoms. The monoisotopic (exact) mass is 250 g/mol. The summed E-state index contributed by atoms with van der Waals surface area (Å²) in [5.41, 5.74) is 1.09. The first kappa shape index (κ1) is 14.9. The maximum absolute atomic E-state index is 11.2. The van der Waals surface area contributed by atoms with Crippen LogP contribution < -0.4 is 0 Å². The van der Waals surface area contributed by atoms with E-state index in [4.69, 9.17) is 0 Å². The molecule has 1 rings (SSSR count).